The van der Waals surface area contributed by atoms with Crippen molar-refractivity contribution in [1.29, 1.82) is 0 Å². The minimum absolute atomic E-state index is 0.0717. The first-order valence-electron chi connectivity index (χ1n) is 6.53. The van der Waals surface area contributed by atoms with E-state index < -0.39 is 24.6 Å². The fraction of sp³-hybridized carbons (Fsp3) is 0.571. The molecule has 0 aliphatic rings. The van der Waals surface area contributed by atoms with Crippen LogP contribution in [0.1, 0.15) is 37.9 Å². The highest BCUT2D eigenvalue weighted by Gasteiger charge is 2.58. The van der Waals surface area contributed by atoms with E-state index >= 15 is 0 Å². The van der Waals surface area contributed by atoms with E-state index in [1.807, 2.05) is 6.92 Å². The molecule has 1 atom stereocenters. The minimum Gasteiger partial charge on any atom is -0.493 e. The molecule has 0 spiro atoms. The molecular weight excluding hydrogens is 295 g/mol. The third-order valence-corrected chi connectivity index (χ3v) is 2.90. The van der Waals surface area contributed by atoms with Gasteiger partial charge in [0.1, 0.15) is 5.75 Å². The van der Waals surface area contributed by atoms with E-state index in [0.717, 1.165) is 6.42 Å². The van der Waals surface area contributed by atoms with Crippen LogP contribution in [0.3, 0.4) is 0 Å². The van der Waals surface area contributed by atoms with Crippen molar-refractivity contribution in [3.8, 4) is 5.75 Å². The van der Waals surface area contributed by atoms with Crippen molar-refractivity contribution in [3.05, 3.63) is 29.8 Å². The molecular formula is C14H17F5O2. The molecule has 1 aromatic rings. The number of alkyl halides is 5. The number of unbranched alkanes of at least 4 members (excludes halogenated alkanes) is 1. The lowest BCUT2D eigenvalue weighted by atomic mass is 10.0. The standard InChI is InChI=1S/C14H17F5O2/c1-2-3-8-21-12-7-5-4-6-10(12)11(20)9-13(15,16)14(17,18)19/h4-7,11,20H,2-3,8-9H2,1H3. The van der Waals surface area contributed by atoms with Crippen molar-refractivity contribution in [2.24, 2.45) is 0 Å². The van der Waals surface area contributed by atoms with Crippen LogP contribution in [0.2, 0.25) is 0 Å². The van der Waals surface area contributed by atoms with Gasteiger partial charge in [0.2, 0.25) is 0 Å². The van der Waals surface area contributed by atoms with E-state index in [0.29, 0.717) is 13.0 Å². The Morgan fingerprint density at radius 1 is 1.14 bits per heavy atom. The normalized spacial score (nSPS) is 14.0. The first kappa shape index (κ1) is 17.7. The molecule has 1 aromatic carbocycles. The van der Waals surface area contributed by atoms with E-state index in [1.54, 1.807) is 6.07 Å². The summed E-state index contributed by atoms with van der Waals surface area (Å²) < 4.78 is 67.8. The third kappa shape index (κ3) is 4.84. The molecule has 1 unspecified atom stereocenters. The van der Waals surface area contributed by atoms with Crippen LogP contribution in [-0.4, -0.2) is 23.8 Å². The summed E-state index contributed by atoms with van der Waals surface area (Å²) in [7, 11) is 0. The van der Waals surface area contributed by atoms with Gasteiger partial charge < -0.3 is 9.84 Å². The molecule has 0 radical (unpaired) electrons. The van der Waals surface area contributed by atoms with E-state index in [2.05, 4.69) is 0 Å². The molecule has 0 aliphatic heterocycles. The topological polar surface area (TPSA) is 29.5 Å². The van der Waals surface area contributed by atoms with Crippen molar-refractivity contribution in [2.75, 3.05) is 6.61 Å². The largest absolute Gasteiger partial charge is 0.493 e. The Labute approximate surface area is 119 Å². The van der Waals surface area contributed by atoms with Crippen LogP contribution < -0.4 is 4.74 Å². The Morgan fingerprint density at radius 2 is 1.76 bits per heavy atom. The van der Waals surface area contributed by atoms with Crippen LogP contribution in [0.25, 0.3) is 0 Å². The molecule has 0 bridgehead atoms. The van der Waals surface area contributed by atoms with Crippen LogP contribution in [0.15, 0.2) is 24.3 Å². The maximum Gasteiger partial charge on any atom is 0.453 e. The van der Waals surface area contributed by atoms with Gasteiger partial charge in [0.05, 0.1) is 19.1 Å². The molecule has 0 aliphatic carbocycles. The van der Waals surface area contributed by atoms with Gasteiger partial charge in [-0.1, -0.05) is 31.5 Å². The number of halogens is 5. The summed E-state index contributed by atoms with van der Waals surface area (Å²) >= 11 is 0. The molecule has 0 fully saturated rings. The van der Waals surface area contributed by atoms with Crippen LogP contribution in [0, 0.1) is 0 Å². The Hall–Kier alpha value is -1.37. The number of hydrogen-bond donors (Lipinski definition) is 1. The van der Waals surface area contributed by atoms with Crippen molar-refractivity contribution in [1.82, 2.24) is 0 Å². The zero-order valence-corrected chi connectivity index (χ0v) is 11.5. The molecule has 1 N–H and O–H groups in total. The minimum atomic E-state index is -5.69. The molecule has 0 saturated carbocycles. The summed E-state index contributed by atoms with van der Waals surface area (Å²) in [5.74, 6) is -4.83. The van der Waals surface area contributed by atoms with Crippen LogP contribution in [0.5, 0.6) is 5.75 Å². The number of benzene rings is 1. The van der Waals surface area contributed by atoms with E-state index in [9.17, 15) is 27.1 Å². The van der Waals surface area contributed by atoms with Crippen molar-refractivity contribution in [3.63, 3.8) is 0 Å². The smallest absolute Gasteiger partial charge is 0.453 e. The zero-order valence-electron chi connectivity index (χ0n) is 11.5. The number of aliphatic hydroxyl groups excluding tert-OH is 1. The molecule has 0 amide bonds. The van der Waals surface area contributed by atoms with Gasteiger partial charge in [-0.05, 0) is 12.5 Å². The Bertz CT molecular complexity index is 445. The quantitative estimate of drug-likeness (QED) is 0.594. The highest BCUT2D eigenvalue weighted by Crippen LogP contribution is 2.42. The zero-order chi connectivity index (χ0) is 16.1. The molecule has 7 heteroatoms. The summed E-state index contributed by atoms with van der Waals surface area (Å²) in [4.78, 5) is 0. The second-order valence-electron chi connectivity index (χ2n) is 4.66. The maximum absolute atomic E-state index is 13.0. The highest BCUT2D eigenvalue weighted by molar-refractivity contribution is 5.35. The van der Waals surface area contributed by atoms with Crippen LogP contribution >= 0.6 is 0 Å². The first-order chi connectivity index (χ1) is 9.69. The predicted molar refractivity (Wildman–Crippen MR) is 67.4 cm³/mol. The monoisotopic (exact) mass is 312 g/mol. The number of rotatable bonds is 7. The highest BCUT2D eigenvalue weighted by atomic mass is 19.4. The predicted octanol–water partition coefficient (Wildman–Crippen LogP) is 4.49. The molecule has 0 saturated heterocycles. The first-order valence-corrected chi connectivity index (χ1v) is 6.53. The van der Waals surface area contributed by atoms with E-state index in [4.69, 9.17) is 4.74 Å². The number of para-hydroxylation sites is 1. The lowest BCUT2D eigenvalue weighted by Crippen LogP contribution is -2.37. The molecule has 120 valence electrons. The number of ether oxygens (including phenoxy) is 1. The van der Waals surface area contributed by atoms with Gasteiger partial charge in [0, 0.05) is 5.56 Å². The van der Waals surface area contributed by atoms with Crippen molar-refractivity contribution >= 4 is 0 Å². The summed E-state index contributed by atoms with van der Waals surface area (Å²) in [5.41, 5.74) is -0.0717. The van der Waals surface area contributed by atoms with Gasteiger partial charge in [-0.3, -0.25) is 0 Å². The fourth-order valence-electron chi connectivity index (χ4n) is 1.68. The molecule has 2 nitrogen and oxygen atoms in total. The van der Waals surface area contributed by atoms with Gasteiger partial charge in [-0.25, -0.2) is 0 Å². The molecule has 21 heavy (non-hydrogen) atoms. The van der Waals surface area contributed by atoms with Crippen molar-refractivity contribution in [2.45, 2.75) is 44.4 Å². The number of hydrogen-bond acceptors (Lipinski definition) is 2. The summed E-state index contributed by atoms with van der Waals surface area (Å²) in [5, 5.41) is 9.70. The summed E-state index contributed by atoms with van der Waals surface area (Å²) in [6.07, 6.45) is -7.82. The summed E-state index contributed by atoms with van der Waals surface area (Å²) in [6.45, 7) is 2.23. The Kier molecular flexibility index (Phi) is 5.95. The average Bonchev–Trinajstić information content (AvgIpc) is 2.37. The van der Waals surface area contributed by atoms with Gasteiger partial charge >= 0.3 is 12.1 Å². The van der Waals surface area contributed by atoms with Crippen LogP contribution in [-0.2, 0) is 0 Å². The van der Waals surface area contributed by atoms with Gasteiger partial charge in [0.15, 0.2) is 0 Å². The molecule has 1 rings (SSSR count). The summed E-state index contributed by atoms with van der Waals surface area (Å²) in [6, 6.07) is 5.70. The van der Waals surface area contributed by atoms with Crippen LogP contribution in [0.4, 0.5) is 22.0 Å². The Morgan fingerprint density at radius 3 is 2.33 bits per heavy atom. The van der Waals surface area contributed by atoms with E-state index in [1.165, 1.54) is 18.2 Å². The average molecular weight is 312 g/mol. The maximum atomic E-state index is 13.0. The van der Waals surface area contributed by atoms with E-state index in [-0.39, 0.29) is 11.3 Å². The van der Waals surface area contributed by atoms with Gasteiger partial charge in [-0.2, -0.15) is 22.0 Å². The number of aliphatic hydroxyl groups is 1. The molecule has 0 aromatic heterocycles. The van der Waals surface area contributed by atoms with Gasteiger partial charge in [0.25, 0.3) is 0 Å². The third-order valence-electron chi connectivity index (χ3n) is 2.90. The molecule has 0 heterocycles. The Balaban J connectivity index is 2.85. The second kappa shape index (κ2) is 7.06. The second-order valence-corrected chi connectivity index (χ2v) is 4.66. The lowest BCUT2D eigenvalue weighted by Gasteiger charge is -2.23. The van der Waals surface area contributed by atoms with Gasteiger partial charge in [-0.15, -0.1) is 0 Å². The fourth-order valence-corrected chi connectivity index (χ4v) is 1.68. The van der Waals surface area contributed by atoms with Crippen molar-refractivity contribution < 1.29 is 31.8 Å². The SMILES string of the molecule is CCCCOc1ccccc1C(O)CC(F)(F)C(F)(F)F. The lowest BCUT2D eigenvalue weighted by molar-refractivity contribution is -0.290.